The summed E-state index contributed by atoms with van der Waals surface area (Å²) in [5.74, 6) is -0.888. The number of ether oxygens (including phenoxy) is 1. The van der Waals surface area contributed by atoms with Crippen LogP contribution in [0.2, 0.25) is 0 Å². The number of hydrogen-bond donors (Lipinski definition) is 0. The lowest BCUT2D eigenvalue weighted by Gasteiger charge is -2.22. The van der Waals surface area contributed by atoms with Gasteiger partial charge < -0.3 is 9.64 Å². The molecule has 0 aliphatic carbocycles. The highest BCUT2D eigenvalue weighted by Gasteiger charge is 2.29. The van der Waals surface area contributed by atoms with Crippen LogP contribution in [0.1, 0.15) is 12.5 Å². The summed E-state index contributed by atoms with van der Waals surface area (Å²) in [7, 11) is 0. The Morgan fingerprint density at radius 1 is 1.37 bits per heavy atom. The maximum Gasteiger partial charge on any atom is 0.422 e. The highest BCUT2D eigenvalue weighted by molar-refractivity contribution is 5.75. The number of carbonyl (C=O) groups is 1. The third-order valence-corrected chi connectivity index (χ3v) is 2.47. The highest BCUT2D eigenvalue weighted by Crippen LogP contribution is 2.17. The third kappa shape index (κ3) is 5.63. The summed E-state index contributed by atoms with van der Waals surface area (Å²) in [6.45, 7) is 2.48. The van der Waals surface area contributed by atoms with E-state index in [1.807, 2.05) is 32.0 Å². The van der Waals surface area contributed by atoms with Gasteiger partial charge >= 0.3 is 12.1 Å². The number of aryl methyl sites for hydroxylation is 1. The Hall–Kier alpha value is -1.72. The van der Waals surface area contributed by atoms with Crippen LogP contribution in [0, 0.1) is 6.92 Å². The van der Waals surface area contributed by atoms with Crippen molar-refractivity contribution < 1.29 is 22.7 Å². The Balaban J connectivity index is 2.60. The standard InChI is InChI=1S/C13H16F3NO2/c1-3-17(11-6-4-5-10(2)7-11)8-12(18)19-9-13(14,15)16/h4-7H,3,8-9H2,1-2H3. The molecule has 0 spiro atoms. The Bertz CT molecular complexity index is 432. The summed E-state index contributed by atoms with van der Waals surface area (Å²) in [6.07, 6.45) is -4.49. The monoisotopic (exact) mass is 275 g/mol. The molecule has 0 heterocycles. The van der Waals surface area contributed by atoms with Crippen molar-refractivity contribution in [2.45, 2.75) is 20.0 Å². The van der Waals surface area contributed by atoms with Gasteiger partial charge in [-0.05, 0) is 31.5 Å². The largest absolute Gasteiger partial charge is 0.455 e. The molecule has 0 aliphatic rings. The summed E-state index contributed by atoms with van der Waals surface area (Å²) >= 11 is 0. The Morgan fingerprint density at radius 2 is 2.05 bits per heavy atom. The van der Waals surface area contributed by atoms with Crippen molar-refractivity contribution in [2.75, 3.05) is 24.6 Å². The molecular formula is C13H16F3NO2. The molecule has 0 aliphatic heterocycles. The second-order valence-corrected chi connectivity index (χ2v) is 4.13. The van der Waals surface area contributed by atoms with Gasteiger partial charge in [0.25, 0.3) is 0 Å². The van der Waals surface area contributed by atoms with E-state index in [-0.39, 0.29) is 6.54 Å². The van der Waals surface area contributed by atoms with Gasteiger partial charge in [0, 0.05) is 12.2 Å². The van der Waals surface area contributed by atoms with Crippen LogP contribution >= 0.6 is 0 Å². The number of halogens is 3. The zero-order valence-electron chi connectivity index (χ0n) is 10.8. The maximum atomic E-state index is 11.9. The predicted octanol–water partition coefficient (Wildman–Crippen LogP) is 2.93. The second kappa shape index (κ2) is 6.45. The summed E-state index contributed by atoms with van der Waals surface area (Å²) in [6, 6.07) is 7.39. The van der Waals surface area contributed by atoms with E-state index in [4.69, 9.17) is 0 Å². The highest BCUT2D eigenvalue weighted by atomic mass is 19.4. The Morgan fingerprint density at radius 3 is 2.58 bits per heavy atom. The van der Waals surface area contributed by atoms with E-state index >= 15 is 0 Å². The maximum absolute atomic E-state index is 11.9. The van der Waals surface area contributed by atoms with E-state index in [0.717, 1.165) is 11.3 Å². The van der Waals surface area contributed by atoms with Crippen molar-refractivity contribution in [3.05, 3.63) is 29.8 Å². The van der Waals surface area contributed by atoms with Gasteiger partial charge in [-0.25, -0.2) is 0 Å². The molecule has 0 N–H and O–H groups in total. The van der Waals surface area contributed by atoms with Crippen molar-refractivity contribution in [3.8, 4) is 0 Å². The van der Waals surface area contributed by atoms with Gasteiger partial charge in [0.2, 0.25) is 0 Å². The molecule has 1 rings (SSSR count). The Kier molecular flexibility index (Phi) is 5.20. The molecule has 0 amide bonds. The third-order valence-electron chi connectivity index (χ3n) is 2.47. The number of rotatable bonds is 5. The summed E-state index contributed by atoms with van der Waals surface area (Å²) < 4.78 is 39.9. The molecule has 19 heavy (non-hydrogen) atoms. The molecule has 6 heteroatoms. The van der Waals surface area contributed by atoms with Crippen LogP contribution < -0.4 is 4.90 Å². The first-order chi connectivity index (χ1) is 8.81. The fourth-order valence-corrected chi connectivity index (χ4v) is 1.57. The molecule has 0 saturated carbocycles. The van der Waals surface area contributed by atoms with E-state index in [0.29, 0.717) is 6.54 Å². The van der Waals surface area contributed by atoms with E-state index in [9.17, 15) is 18.0 Å². The molecule has 0 aromatic heterocycles. The number of nitrogens with zero attached hydrogens (tertiary/aromatic N) is 1. The summed E-state index contributed by atoms with van der Waals surface area (Å²) in [5.41, 5.74) is 1.80. The molecule has 0 fully saturated rings. The molecule has 0 radical (unpaired) electrons. The molecule has 0 unspecified atom stereocenters. The van der Waals surface area contributed by atoms with Gasteiger partial charge in [-0.3, -0.25) is 4.79 Å². The van der Waals surface area contributed by atoms with E-state index in [1.54, 1.807) is 11.0 Å². The SMILES string of the molecule is CCN(CC(=O)OCC(F)(F)F)c1cccc(C)c1. The van der Waals surface area contributed by atoms with Gasteiger partial charge in [-0.1, -0.05) is 12.1 Å². The fraction of sp³-hybridized carbons (Fsp3) is 0.462. The molecular weight excluding hydrogens is 259 g/mol. The van der Waals surface area contributed by atoms with Crippen LogP contribution in [0.3, 0.4) is 0 Å². The molecule has 3 nitrogen and oxygen atoms in total. The number of likely N-dealkylation sites (N-methyl/N-ethyl adjacent to an activating group) is 1. The van der Waals surface area contributed by atoms with Crippen LogP contribution in [-0.4, -0.2) is 31.8 Å². The zero-order valence-corrected chi connectivity index (χ0v) is 10.8. The van der Waals surface area contributed by atoms with E-state index < -0.39 is 18.8 Å². The number of hydrogen-bond acceptors (Lipinski definition) is 3. The normalized spacial score (nSPS) is 11.2. The van der Waals surface area contributed by atoms with E-state index in [1.165, 1.54) is 0 Å². The quantitative estimate of drug-likeness (QED) is 0.774. The van der Waals surface area contributed by atoms with Crippen molar-refractivity contribution >= 4 is 11.7 Å². The lowest BCUT2D eigenvalue weighted by molar-refractivity contribution is -0.185. The Labute approximate surface area is 110 Å². The number of alkyl halides is 3. The minimum atomic E-state index is -4.49. The summed E-state index contributed by atoms with van der Waals surface area (Å²) in [5, 5.41) is 0. The average molecular weight is 275 g/mol. The average Bonchev–Trinajstić information content (AvgIpc) is 2.32. The first-order valence-electron chi connectivity index (χ1n) is 5.86. The lowest BCUT2D eigenvalue weighted by atomic mass is 10.2. The van der Waals surface area contributed by atoms with Crippen LogP contribution in [0.5, 0.6) is 0 Å². The number of benzene rings is 1. The van der Waals surface area contributed by atoms with Crippen LogP contribution in [0.25, 0.3) is 0 Å². The minimum absolute atomic E-state index is 0.198. The topological polar surface area (TPSA) is 29.5 Å². The van der Waals surface area contributed by atoms with Gasteiger partial charge in [0.05, 0.1) is 0 Å². The second-order valence-electron chi connectivity index (χ2n) is 4.13. The van der Waals surface area contributed by atoms with Crippen LogP contribution in [0.15, 0.2) is 24.3 Å². The number of carbonyl (C=O) groups excluding carboxylic acids is 1. The molecule has 1 aromatic rings. The van der Waals surface area contributed by atoms with Gasteiger partial charge in [0.15, 0.2) is 6.61 Å². The number of esters is 1. The first-order valence-corrected chi connectivity index (χ1v) is 5.86. The van der Waals surface area contributed by atoms with Crippen LogP contribution in [-0.2, 0) is 9.53 Å². The molecule has 1 aromatic carbocycles. The first kappa shape index (κ1) is 15.3. The minimum Gasteiger partial charge on any atom is -0.455 e. The molecule has 106 valence electrons. The van der Waals surface area contributed by atoms with Gasteiger partial charge in [-0.2, -0.15) is 13.2 Å². The van der Waals surface area contributed by atoms with Gasteiger partial charge in [0.1, 0.15) is 6.54 Å². The molecule has 0 bridgehead atoms. The van der Waals surface area contributed by atoms with Crippen molar-refractivity contribution in [2.24, 2.45) is 0 Å². The fourth-order valence-electron chi connectivity index (χ4n) is 1.57. The van der Waals surface area contributed by atoms with Crippen molar-refractivity contribution in [1.82, 2.24) is 0 Å². The zero-order chi connectivity index (χ0) is 14.5. The van der Waals surface area contributed by atoms with E-state index in [2.05, 4.69) is 4.74 Å². The predicted molar refractivity (Wildman–Crippen MR) is 66.1 cm³/mol. The van der Waals surface area contributed by atoms with Crippen LogP contribution in [0.4, 0.5) is 18.9 Å². The molecule has 0 saturated heterocycles. The molecule has 0 atom stereocenters. The van der Waals surface area contributed by atoms with Crippen molar-refractivity contribution in [3.63, 3.8) is 0 Å². The lowest BCUT2D eigenvalue weighted by Crippen LogP contribution is -2.32. The summed E-state index contributed by atoms with van der Waals surface area (Å²) in [4.78, 5) is 13.0. The number of anilines is 1. The smallest absolute Gasteiger partial charge is 0.422 e. The van der Waals surface area contributed by atoms with Gasteiger partial charge in [-0.15, -0.1) is 0 Å². The van der Waals surface area contributed by atoms with Crippen molar-refractivity contribution in [1.29, 1.82) is 0 Å².